The Labute approximate surface area is 263 Å². The van der Waals surface area contributed by atoms with Gasteiger partial charge in [0.05, 0.1) is 12.6 Å². The summed E-state index contributed by atoms with van der Waals surface area (Å²) in [6.07, 6.45) is 3.92. The number of hydrogen-bond acceptors (Lipinski definition) is 7. The summed E-state index contributed by atoms with van der Waals surface area (Å²) in [7, 11) is 1.64. The SMILES string of the molecule is COCCC(c1ccc(C(=O)NC/C(N)=N/NN)cc1)N1C(=O)C(c2cc(Cl)cc(Cl)c2)=NC12CCC(C(C)(C)C)CC2. The highest BCUT2D eigenvalue weighted by atomic mass is 35.5. The number of rotatable bonds is 10. The fourth-order valence-corrected chi connectivity index (χ4v) is 6.67. The molecule has 2 aromatic carbocycles. The zero-order valence-electron chi connectivity index (χ0n) is 25.1. The molecule has 1 atom stereocenters. The number of ether oxygens (including phenoxy) is 1. The van der Waals surface area contributed by atoms with Crippen LogP contribution in [0, 0.1) is 11.3 Å². The van der Waals surface area contributed by atoms with Crippen LogP contribution in [0.2, 0.25) is 10.0 Å². The molecular weight excluding hydrogens is 589 g/mol. The van der Waals surface area contributed by atoms with Crippen molar-refractivity contribution in [2.24, 2.45) is 33.0 Å². The lowest BCUT2D eigenvalue weighted by Crippen LogP contribution is -2.51. The van der Waals surface area contributed by atoms with Gasteiger partial charge in [-0.1, -0.05) is 56.1 Å². The van der Waals surface area contributed by atoms with Gasteiger partial charge in [0, 0.05) is 34.9 Å². The lowest BCUT2D eigenvalue weighted by Gasteiger charge is -2.47. The summed E-state index contributed by atoms with van der Waals surface area (Å²) in [5.41, 5.74) is 9.53. The maximum absolute atomic E-state index is 14.4. The summed E-state index contributed by atoms with van der Waals surface area (Å²) in [6.45, 7) is 7.28. The van der Waals surface area contributed by atoms with Gasteiger partial charge >= 0.3 is 0 Å². The summed E-state index contributed by atoms with van der Waals surface area (Å²) < 4.78 is 5.49. The second kappa shape index (κ2) is 13.6. The molecule has 12 heteroatoms. The number of hydrogen-bond donors (Lipinski definition) is 4. The molecule has 2 aliphatic rings. The van der Waals surface area contributed by atoms with Crippen molar-refractivity contribution in [3.05, 3.63) is 69.2 Å². The Bertz CT molecular complexity index is 1360. The molecule has 1 saturated carbocycles. The first-order valence-electron chi connectivity index (χ1n) is 14.4. The minimum absolute atomic E-state index is 0.0369. The van der Waals surface area contributed by atoms with Gasteiger partial charge in [-0.15, -0.1) is 0 Å². The molecule has 10 nitrogen and oxygen atoms in total. The number of nitrogens with zero attached hydrogens (tertiary/aromatic N) is 3. The van der Waals surface area contributed by atoms with E-state index in [1.807, 2.05) is 17.0 Å². The summed E-state index contributed by atoms with van der Waals surface area (Å²) >= 11 is 12.7. The summed E-state index contributed by atoms with van der Waals surface area (Å²) in [5, 5.41) is 7.23. The second-order valence-electron chi connectivity index (χ2n) is 12.3. The molecule has 232 valence electrons. The number of amides is 2. The van der Waals surface area contributed by atoms with Crippen LogP contribution in [0.4, 0.5) is 0 Å². The van der Waals surface area contributed by atoms with Crippen LogP contribution < -0.4 is 22.4 Å². The Hall–Kier alpha value is -3.18. The molecule has 0 radical (unpaired) electrons. The van der Waals surface area contributed by atoms with E-state index in [1.54, 1.807) is 37.4 Å². The van der Waals surface area contributed by atoms with Gasteiger partial charge < -0.3 is 20.7 Å². The number of carbonyl (C=O) groups excluding carboxylic acids is 2. The number of hydrazine groups is 1. The van der Waals surface area contributed by atoms with E-state index in [0.29, 0.717) is 45.8 Å². The van der Waals surface area contributed by atoms with Gasteiger partial charge in [0.25, 0.3) is 11.8 Å². The van der Waals surface area contributed by atoms with E-state index in [9.17, 15) is 9.59 Å². The Kier molecular flexibility index (Phi) is 10.4. The molecule has 43 heavy (non-hydrogen) atoms. The predicted molar refractivity (Wildman–Crippen MR) is 171 cm³/mol. The number of amidine groups is 1. The van der Waals surface area contributed by atoms with Crippen LogP contribution in [-0.2, 0) is 9.53 Å². The van der Waals surface area contributed by atoms with Gasteiger partial charge in [-0.05, 0) is 79.3 Å². The van der Waals surface area contributed by atoms with Crippen LogP contribution in [0.1, 0.15) is 80.4 Å². The minimum atomic E-state index is -0.717. The molecule has 1 fully saturated rings. The third-order valence-corrected chi connectivity index (χ3v) is 8.88. The van der Waals surface area contributed by atoms with Crippen LogP contribution in [0.3, 0.4) is 0 Å². The monoisotopic (exact) mass is 629 g/mol. The van der Waals surface area contributed by atoms with Crippen molar-refractivity contribution in [3.63, 3.8) is 0 Å². The molecule has 4 rings (SSSR count). The lowest BCUT2D eigenvalue weighted by atomic mass is 9.69. The minimum Gasteiger partial charge on any atom is -0.385 e. The van der Waals surface area contributed by atoms with E-state index in [1.165, 1.54) is 0 Å². The fourth-order valence-electron chi connectivity index (χ4n) is 6.15. The van der Waals surface area contributed by atoms with E-state index in [-0.39, 0.29) is 35.7 Å². The number of nitrogens with one attached hydrogen (secondary N) is 2. The second-order valence-corrected chi connectivity index (χ2v) is 13.1. The topological polar surface area (TPSA) is 147 Å². The van der Waals surface area contributed by atoms with Crippen LogP contribution in [0.5, 0.6) is 0 Å². The van der Waals surface area contributed by atoms with Gasteiger partial charge in [0.1, 0.15) is 17.2 Å². The zero-order chi connectivity index (χ0) is 31.4. The first-order chi connectivity index (χ1) is 20.4. The molecule has 0 saturated heterocycles. The van der Waals surface area contributed by atoms with Gasteiger partial charge in [-0.3, -0.25) is 14.6 Å². The van der Waals surface area contributed by atoms with E-state index in [2.05, 4.69) is 36.7 Å². The van der Waals surface area contributed by atoms with E-state index in [0.717, 1.165) is 31.2 Å². The number of benzene rings is 2. The molecule has 2 amide bonds. The molecular formula is C31H41Cl2N7O3. The zero-order valence-corrected chi connectivity index (χ0v) is 26.6. The Morgan fingerprint density at radius 1 is 1.16 bits per heavy atom. The Morgan fingerprint density at radius 3 is 2.35 bits per heavy atom. The molecule has 2 aromatic rings. The first kappa shape index (κ1) is 32.7. The van der Waals surface area contributed by atoms with Crippen LogP contribution >= 0.6 is 23.2 Å². The molecule has 1 aliphatic heterocycles. The van der Waals surface area contributed by atoms with E-state index >= 15 is 0 Å². The van der Waals surface area contributed by atoms with Crippen molar-refractivity contribution in [2.45, 2.75) is 64.6 Å². The average Bonchev–Trinajstić information content (AvgIpc) is 3.23. The van der Waals surface area contributed by atoms with Gasteiger partial charge in [0.15, 0.2) is 0 Å². The molecule has 6 N–H and O–H groups in total. The highest BCUT2D eigenvalue weighted by Gasteiger charge is 2.52. The van der Waals surface area contributed by atoms with Crippen molar-refractivity contribution >= 4 is 46.6 Å². The Balaban J connectivity index is 1.70. The standard InChI is InChI=1S/C31H41Cl2N7O3/c1-30(2,3)22-9-12-31(13-10-22)37-27(21-15-23(32)17-24(33)16-21)29(42)40(31)25(11-14-43-4)19-5-7-20(8-6-19)28(41)36-18-26(34)38-39-35/h5-8,15-17,22,25,39H,9-14,18,35H2,1-4H3,(H2,34,38)(H,36,41). The normalized spacial score (nSPS) is 21.6. The number of methoxy groups -OCH3 is 1. The number of nitrogens with two attached hydrogens (primary N) is 2. The van der Waals surface area contributed by atoms with Crippen LogP contribution in [0.15, 0.2) is 52.6 Å². The average molecular weight is 631 g/mol. The lowest BCUT2D eigenvalue weighted by molar-refractivity contribution is -0.134. The van der Waals surface area contributed by atoms with E-state index in [4.69, 9.17) is 44.5 Å². The van der Waals surface area contributed by atoms with Crippen molar-refractivity contribution < 1.29 is 14.3 Å². The number of carbonyl (C=O) groups is 2. The van der Waals surface area contributed by atoms with Crippen molar-refractivity contribution in [1.29, 1.82) is 0 Å². The molecule has 1 unspecified atom stereocenters. The number of hydrazone groups is 1. The van der Waals surface area contributed by atoms with Gasteiger partial charge in [-0.25, -0.2) is 11.4 Å². The highest BCUT2D eigenvalue weighted by molar-refractivity contribution is 6.47. The van der Waals surface area contributed by atoms with Crippen molar-refractivity contribution in [2.75, 3.05) is 20.3 Å². The third kappa shape index (κ3) is 7.49. The highest BCUT2D eigenvalue weighted by Crippen LogP contribution is 2.49. The van der Waals surface area contributed by atoms with Gasteiger partial charge in [0.2, 0.25) is 0 Å². The molecule has 0 aromatic heterocycles. The molecule has 0 bridgehead atoms. The number of aliphatic imine (C=N–C) groups is 1. The third-order valence-electron chi connectivity index (χ3n) is 8.44. The molecule has 1 aliphatic carbocycles. The largest absolute Gasteiger partial charge is 0.385 e. The number of halogens is 2. The summed E-state index contributed by atoms with van der Waals surface area (Å²) in [6, 6.07) is 12.0. The van der Waals surface area contributed by atoms with Crippen LogP contribution in [0.25, 0.3) is 0 Å². The van der Waals surface area contributed by atoms with Crippen molar-refractivity contribution in [3.8, 4) is 0 Å². The fraction of sp³-hybridized carbons (Fsp3) is 0.484. The molecule has 1 spiro atoms. The van der Waals surface area contributed by atoms with Crippen molar-refractivity contribution in [1.82, 2.24) is 15.8 Å². The maximum atomic E-state index is 14.4. The smallest absolute Gasteiger partial charge is 0.275 e. The summed E-state index contributed by atoms with van der Waals surface area (Å²) in [4.78, 5) is 34.3. The quantitative estimate of drug-likeness (QED) is 0.128. The van der Waals surface area contributed by atoms with E-state index < -0.39 is 5.66 Å². The predicted octanol–water partition coefficient (Wildman–Crippen LogP) is 4.80. The maximum Gasteiger partial charge on any atom is 0.275 e. The summed E-state index contributed by atoms with van der Waals surface area (Å²) in [5.74, 6) is 5.31. The Morgan fingerprint density at radius 2 is 1.79 bits per heavy atom. The van der Waals surface area contributed by atoms with Gasteiger partial charge in [-0.2, -0.15) is 5.10 Å². The molecule has 1 heterocycles. The first-order valence-corrected chi connectivity index (χ1v) is 15.2. The van der Waals surface area contributed by atoms with Crippen LogP contribution in [-0.4, -0.2) is 54.2 Å².